The molecule has 0 bridgehead atoms. The minimum Gasteiger partial charge on any atom is -0.491 e. The first-order valence-corrected chi connectivity index (χ1v) is 8.59. The van der Waals surface area contributed by atoms with Gasteiger partial charge in [0, 0.05) is 6.54 Å². The minimum atomic E-state index is -0.817. The van der Waals surface area contributed by atoms with Gasteiger partial charge in [-0.25, -0.2) is 4.79 Å². The number of hydrogen-bond donors (Lipinski definition) is 1. The number of fused-ring (bicyclic) bond motifs is 1. The highest BCUT2D eigenvalue weighted by molar-refractivity contribution is 5.75. The summed E-state index contributed by atoms with van der Waals surface area (Å²) in [6.07, 6.45) is -0.463. The van der Waals surface area contributed by atoms with Crippen LogP contribution in [0.2, 0.25) is 0 Å². The average Bonchev–Trinajstić information content (AvgIpc) is 2.93. The van der Waals surface area contributed by atoms with Crippen molar-refractivity contribution in [1.82, 2.24) is 9.13 Å². The number of hydrogen-bond acceptors (Lipinski definition) is 4. The lowest BCUT2D eigenvalue weighted by molar-refractivity contribution is 0.0924. The normalized spacial score (nSPS) is 12.0. The van der Waals surface area contributed by atoms with Crippen LogP contribution in [0.4, 0.5) is 0 Å². The molecule has 1 unspecified atom stereocenters. The van der Waals surface area contributed by atoms with Crippen molar-refractivity contribution in [1.29, 1.82) is 5.26 Å². The molecule has 0 aliphatic rings. The Morgan fingerprint density at radius 2 is 1.77 bits per heavy atom. The summed E-state index contributed by atoms with van der Waals surface area (Å²) in [6.45, 7) is 2.75. The SMILES string of the molecule is CCn1c(=O)n(CC(O)COc2ccc(CC#N)cc2)c2ccccc21. The van der Waals surface area contributed by atoms with Crippen LogP contribution in [0.1, 0.15) is 12.5 Å². The molecule has 134 valence electrons. The van der Waals surface area contributed by atoms with Crippen molar-refractivity contribution >= 4 is 11.0 Å². The molecule has 6 heteroatoms. The number of aliphatic hydroxyl groups excluding tert-OH is 1. The van der Waals surface area contributed by atoms with Crippen molar-refractivity contribution in [3.05, 3.63) is 64.6 Å². The van der Waals surface area contributed by atoms with E-state index in [2.05, 4.69) is 6.07 Å². The van der Waals surface area contributed by atoms with Crippen LogP contribution in [0.15, 0.2) is 53.3 Å². The second-order valence-electron chi connectivity index (χ2n) is 6.07. The van der Waals surface area contributed by atoms with Gasteiger partial charge in [0.05, 0.1) is 30.1 Å². The maximum absolute atomic E-state index is 12.6. The second kappa shape index (κ2) is 7.89. The molecule has 1 atom stereocenters. The predicted molar refractivity (Wildman–Crippen MR) is 99.1 cm³/mol. The Morgan fingerprint density at radius 3 is 2.38 bits per heavy atom. The van der Waals surface area contributed by atoms with E-state index in [1.807, 2.05) is 43.3 Å². The van der Waals surface area contributed by atoms with Crippen LogP contribution >= 0.6 is 0 Å². The standard InChI is InChI=1S/C20H21N3O3/c1-2-22-18-5-3-4-6-19(18)23(20(22)25)13-16(24)14-26-17-9-7-15(8-10-17)11-12-21/h3-10,16,24H,2,11,13-14H2,1H3. The molecule has 0 aliphatic heterocycles. The smallest absolute Gasteiger partial charge is 0.329 e. The van der Waals surface area contributed by atoms with Crippen LogP contribution in [-0.4, -0.2) is 27.0 Å². The molecule has 1 heterocycles. The van der Waals surface area contributed by atoms with E-state index in [1.54, 1.807) is 21.3 Å². The third kappa shape index (κ3) is 3.63. The highest BCUT2D eigenvalue weighted by Crippen LogP contribution is 2.15. The molecule has 0 amide bonds. The minimum absolute atomic E-state index is 0.0790. The van der Waals surface area contributed by atoms with Gasteiger partial charge in [0.2, 0.25) is 0 Å². The summed E-state index contributed by atoms with van der Waals surface area (Å²) in [4.78, 5) is 12.6. The van der Waals surface area contributed by atoms with E-state index < -0.39 is 6.10 Å². The third-order valence-corrected chi connectivity index (χ3v) is 4.28. The van der Waals surface area contributed by atoms with Crippen molar-refractivity contribution in [3.8, 4) is 11.8 Å². The molecule has 0 aliphatic carbocycles. The van der Waals surface area contributed by atoms with E-state index in [9.17, 15) is 9.90 Å². The third-order valence-electron chi connectivity index (χ3n) is 4.28. The highest BCUT2D eigenvalue weighted by Gasteiger charge is 2.15. The number of nitriles is 1. The number of aryl methyl sites for hydroxylation is 1. The lowest BCUT2D eigenvalue weighted by Crippen LogP contribution is -2.31. The van der Waals surface area contributed by atoms with Crippen LogP contribution in [0, 0.1) is 11.3 Å². The number of aromatic nitrogens is 2. The fourth-order valence-electron chi connectivity index (χ4n) is 3.01. The first-order valence-electron chi connectivity index (χ1n) is 8.59. The Balaban J connectivity index is 1.70. The van der Waals surface area contributed by atoms with Gasteiger partial charge in [-0.1, -0.05) is 24.3 Å². The van der Waals surface area contributed by atoms with Crippen molar-refractivity contribution in [3.63, 3.8) is 0 Å². The molecular formula is C20H21N3O3. The van der Waals surface area contributed by atoms with E-state index >= 15 is 0 Å². The van der Waals surface area contributed by atoms with Crippen molar-refractivity contribution < 1.29 is 9.84 Å². The van der Waals surface area contributed by atoms with Crippen LogP contribution in [-0.2, 0) is 19.5 Å². The lowest BCUT2D eigenvalue weighted by atomic mass is 10.2. The zero-order valence-electron chi connectivity index (χ0n) is 14.6. The summed E-state index contributed by atoms with van der Waals surface area (Å²) >= 11 is 0. The van der Waals surface area contributed by atoms with Gasteiger partial charge in [0.25, 0.3) is 0 Å². The molecule has 0 radical (unpaired) electrons. The quantitative estimate of drug-likeness (QED) is 0.708. The summed E-state index contributed by atoms with van der Waals surface area (Å²) in [5.74, 6) is 0.620. The van der Waals surface area contributed by atoms with Gasteiger partial charge in [-0.3, -0.25) is 9.13 Å². The van der Waals surface area contributed by atoms with Crippen molar-refractivity contribution in [2.45, 2.75) is 32.5 Å². The van der Waals surface area contributed by atoms with Gasteiger partial charge in [-0.2, -0.15) is 5.26 Å². The zero-order valence-corrected chi connectivity index (χ0v) is 14.6. The first kappa shape index (κ1) is 17.8. The van der Waals surface area contributed by atoms with E-state index in [4.69, 9.17) is 10.00 Å². The number of para-hydroxylation sites is 2. The number of aliphatic hydroxyl groups is 1. The van der Waals surface area contributed by atoms with Gasteiger partial charge in [-0.15, -0.1) is 0 Å². The van der Waals surface area contributed by atoms with E-state index in [0.29, 0.717) is 18.7 Å². The van der Waals surface area contributed by atoms with Gasteiger partial charge in [-0.05, 0) is 36.8 Å². The average molecular weight is 351 g/mol. The van der Waals surface area contributed by atoms with Crippen molar-refractivity contribution in [2.75, 3.05) is 6.61 Å². The highest BCUT2D eigenvalue weighted by atomic mass is 16.5. The second-order valence-corrected chi connectivity index (χ2v) is 6.07. The predicted octanol–water partition coefficient (Wildman–Crippen LogP) is 2.33. The monoisotopic (exact) mass is 351 g/mol. The van der Waals surface area contributed by atoms with E-state index in [-0.39, 0.29) is 18.8 Å². The van der Waals surface area contributed by atoms with Crippen LogP contribution < -0.4 is 10.4 Å². The first-order chi connectivity index (χ1) is 12.6. The maximum atomic E-state index is 12.6. The summed E-state index contributed by atoms with van der Waals surface area (Å²) < 4.78 is 8.88. The molecule has 3 aromatic rings. The Morgan fingerprint density at radius 1 is 1.12 bits per heavy atom. The molecule has 2 aromatic carbocycles. The topological polar surface area (TPSA) is 80.2 Å². The molecule has 0 spiro atoms. The summed E-state index contributed by atoms with van der Waals surface area (Å²) in [7, 11) is 0. The molecule has 0 saturated carbocycles. The number of imidazole rings is 1. The van der Waals surface area contributed by atoms with Gasteiger partial charge in [0.1, 0.15) is 18.5 Å². The Labute approximate surface area is 151 Å². The van der Waals surface area contributed by atoms with Crippen LogP contribution in [0.5, 0.6) is 5.75 Å². The number of nitrogens with zero attached hydrogens (tertiary/aromatic N) is 3. The van der Waals surface area contributed by atoms with E-state index in [0.717, 1.165) is 16.6 Å². The van der Waals surface area contributed by atoms with E-state index in [1.165, 1.54) is 0 Å². The number of benzene rings is 2. The van der Waals surface area contributed by atoms with Gasteiger partial charge in [0.15, 0.2) is 0 Å². The van der Waals surface area contributed by atoms with Crippen molar-refractivity contribution in [2.24, 2.45) is 0 Å². The number of ether oxygens (including phenoxy) is 1. The fourth-order valence-corrected chi connectivity index (χ4v) is 3.01. The molecule has 26 heavy (non-hydrogen) atoms. The zero-order chi connectivity index (χ0) is 18.5. The van der Waals surface area contributed by atoms with Crippen LogP contribution in [0.25, 0.3) is 11.0 Å². The molecule has 1 N–H and O–H groups in total. The molecule has 1 aromatic heterocycles. The fraction of sp³-hybridized carbons (Fsp3) is 0.300. The molecule has 0 saturated heterocycles. The summed E-state index contributed by atoms with van der Waals surface area (Å²) in [6, 6.07) is 16.8. The summed E-state index contributed by atoms with van der Waals surface area (Å²) in [5.41, 5.74) is 2.45. The maximum Gasteiger partial charge on any atom is 0.329 e. The largest absolute Gasteiger partial charge is 0.491 e. The van der Waals surface area contributed by atoms with Gasteiger partial charge >= 0.3 is 5.69 Å². The molecule has 6 nitrogen and oxygen atoms in total. The Hall–Kier alpha value is -3.04. The summed E-state index contributed by atoms with van der Waals surface area (Å²) in [5, 5.41) is 19.0. The lowest BCUT2D eigenvalue weighted by Gasteiger charge is -2.13. The Bertz CT molecular complexity index is 980. The Kier molecular flexibility index (Phi) is 5.40. The molecular weight excluding hydrogens is 330 g/mol. The molecule has 3 rings (SSSR count). The molecule has 0 fully saturated rings. The number of rotatable bonds is 7. The van der Waals surface area contributed by atoms with Gasteiger partial charge < -0.3 is 9.84 Å². The van der Waals surface area contributed by atoms with Crippen LogP contribution in [0.3, 0.4) is 0 Å².